The number of rotatable bonds is 6. The largest absolute Gasteiger partial charge is 0.340 e. The molecular formula is C16H25N5OS. The van der Waals surface area contributed by atoms with Crippen LogP contribution >= 0.6 is 11.3 Å². The fourth-order valence-corrected chi connectivity index (χ4v) is 3.97. The lowest BCUT2D eigenvalue weighted by molar-refractivity contribution is 0.120. The molecule has 1 aliphatic rings. The summed E-state index contributed by atoms with van der Waals surface area (Å²) in [5.41, 5.74) is 0. The van der Waals surface area contributed by atoms with Crippen molar-refractivity contribution in [2.75, 3.05) is 26.2 Å². The van der Waals surface area contributed by atoms with Crippen molar-refractivity contribution in [1.29, 1.82) is 0 Å². The third-order valence-corrected chi connectivity index (χ3v) is 4.97. The minimum absolute atomic E-state index is 0.640. The SMILES string of the molecule is Cc1nc(CN2CCN(Cc3cnc(CC(C)C)s3)CC2)no1. The lowest BCUT2D eigenvalue weighted by atomic mass is 10.1. The average molecular weight is 335 g/mol. The minimum Gasteiger partial charge on any atom is -0.340 e. The van der Waals surface area contributed by atoms with Gasteiger partial charge in [0.05, 0.1) is 11.6 Å². The molecule has 1 fully saturated rings. The smallest absolute Gasteiger partial charge is 0.223 e. The zero-order chi connectivity index (χ0) is 16.2. The Hall–Kier alpha value is -1.31. The zero-order valence-corrected chi connectivity index (χ0v) is 15.0. The third kappa shape index (κ3) is 4.83. The Kier molecular flexibility index (Phi) is 5.40. The monoisotopic (exact) mass is 335 g/mol. The van der Waals surface area contributed by atoms with Crippen LogP contribution in [0.15, 0.2) is 10.7 Å². The van der Waals surface area contributed by atoms with Crippen molar-refractivity contribution in [1.82, 2.24) is 24.9 Å². The first kappa shape index (κ1) is 16.5. The van der Waals surface area contributed by atoms with Gasteiger partial charge >= 0.3 is 0 Å². The molecule has 7 heteroatoms. The molecule has 0 atom stereocenters. The Balaban J connectivity index is 1.44. The van der Waals surface area contributed by atoms with E-state index < -0.39 is 0 Å². The second kappa shape index (κ2) is 7.51. The Bertz CT molecular complexity index is 616. The summed E-state index contributed by atoms with van der Waals surface area (Å²) in [7, 11) is 0. The topological polar surface area (TPSA) is 58.3 Å². The van der Waals surface area contributed by atoms with Gasteiger partial charge < -0.3 is 4.52 Å². The van der Waals surface area contributed by atoms with Crippen molar-refractivity contribution in [3.05, 3.63) is 27.8 Å². The van der Waals surface area contributed by atoms with Crippen molar-refractivity contribution >= 4 is 11.3 Å². The standard InChI is InChI=1S/C16H25N5OS/c1-12(2)8-16-17-9-14(23-16)10-20-4-6-21(7-5-20)11-15-18-13(3)22-19-15/h9,12H,4-8,10-11H2,1-3H3. The van der Waals surface area contributed by atoms with Gasteiger partial charge in [0.25, 0.3) is 0 Å². The van der Waals surface area contributed by atoms with E-state index in [1.807, 2.05) is 18.3 Å². The summed E-state index contributed by atoms with van der Waals surface area (Å²) in [6.07, 6.45) is 3.14. The highest BCUT2D eigenvalue weighted by Gasteiger charge is 2.19. The lowest BCUT2D eigenvalue weighted by Gasteiger charge is -2.33. The van der Waals surface area contributed by atoms with Gasteiger partial charge in [0.15, 0.2) is 5.82 Å². The minimum atomic E-state index is 0.640. The molecule has 3 rings (SSSR count). The van der Waals surface area contributed by atoms with Crippen LogP contribution in [-0.2, 0) is 19.5 Å². The molecule has 0 saturated carbocycles. The van der Waals surface area contributed by atoms with E-state index in [-0.39, 0.29) is 0 Å². The van der Waals surface area contributed by atoms with E-state index >= 15 is 0 Å². The second-order valence-electron chi connectivity index (χ2n) is 6.60. The summed E-state index contributed by atoms with van der Waals surface area (Å²) in [4.78, 5) is 15.1. The van der Waals surface area contributed by atoms with Gasteiger partial charge in [0.2, 0.25) is 5.89 Å². The summed E-state index contributed by atoms with van der Waals surface area (Å²) < 4.78 is 5.03. The van der Waals surface area contributed by atoms with E-state index in [1.165, 1.54) is 9.88 Å². The Morgan fingerprint density at radius 1 is 1.17 bits per heavy atom. The first-order chi connectivity index (χ1) is 11.1. The van der Waals surface area contributed by atoms with Gasteiger partial charge in [0.1, 0.15) is 0 Å². The normalized spacial score (nSPS) is 17.2. The molecule has 2 aromatic rings. The number of nitrogens with zero attached hydrogens (tertiary/aromatic N) is 5. The first-order valence-corrected chi connectivity index (χ1v) is 9.07. The van der Waals surface area contributed by atoms with Crippen molar-refractivity contribution in [3.8, 4) is 0 Å². The third-order valence-electron chi connectivity index (χ3n) is 3.96. The van der Waals surface area contributed by atoms with Crippen LogP contribution in [0.25, 0.3) is 0 Å². The lowest BCUT2D eigenvalue weighted by Crippen LogP contribution is -2.45. The van der Waals surface area contributed by atoms with Crippen LogP contribution in [-0.4, -0.2) is 51.1 Å². The van der Waals surface area contributed by atoms with Crippen LogP contribution < -0.4 is 0 Å². The van der Waals surface area contributed by atoms with Crippen LogP contribution in [0.4, 0.5) is 0 Å². The molecule has 3 heterocycles. The van der Waals surface area contributed by atoms with Crippen LogP contribution in [0, 0.1) is 12.8 Å². The molecule has 0 N–H and O–H groups in total. The van der Waals surface area contributed by atoms with Gasteiger partial charge in [-0.15, -0.1) is 11.3 Å². The molecule has 0 amide bonds. The van der Waals surface area contributed by atoms with Gasteiger partial charge in [-0.2, -0.15) is 4.98 Å². The Labute approximate surface area is 141 Å². The molecule has 0 spiro atoms. The van der Waals surface area contributed by atoms with Gasteiger partial charge in [-0.05, 0) is 5.92 Å². The number of piperazine rings is 1. The molecule has 126 valence electrons. The number of aromatic nitrogens is 3. The number of hydrogen-bond donors (Lipinski definition) is 0. The molecule has 2 aromatic heterocycles. The number of aryl methyl sites for hydroxylation is 1. The molecule has 1 aliphatic heterocycles. The van der Waals surface area contributed by atoms with Crippen molar-refractivity contribution in [2.45, 2.75) is 40.3 Å². The number of hydrogen-bond acceptors (Lipinski definition) is 7. The van der Waals surface area contributed by atoms with Crippen LogP contribution in [0.5, 0.6) is 0 Å². The van der Waals surface area contributed by atoms with Crippen LogP contribution in [0.2, 0.25) is 0 Å². The van der Waals surface area contributed by atoms with Gasteiger partial charge in [0, 0.05) is 57.1 Å². The number of thiazole rings is 1. The Morgan fingerprint density at radius 3 is 2.48 bits per heavy atom. The zero-order valence-electron chi connectivity index (χ0n) is 14.2. The molecule has 0 bridgehead atoms. The Morgan fingerprint density at radius 2 is 1.87 bits per heavy atom. The summed E-state index contributed by atoms with van der Waals surface area (Å²) in [6.45, 7) is 12.4. The van der Waals surface area contributed by atoms with Gasteiger partial charge in [-0.25, -0.2) is 4.98 Å². The highest BCUT2D eigenvalue weighted by Crippen LogP contribution is 2.19. The highest BCUT2D eigenvalue weighted by atomic mass is 32.1. The van der Waals surface area contributed by atoms with Crippen LogP contribution in [0.1, 0.15) is 35.4 Å². The molecule has 0 unspecified atom stereocenters. The fourth-order valence-electron chi connectivity index (χ4n) is 2.80. The molecule has 0 radical (unpaired) electrons. The molecule has 0 aliphatic carbocycles. The highest BCUT2D eigenvalue weighted by molar-refractivity contribution is 7.11. The quantitative estimate of drug-likeness (QED) is 0.808. The van der Waals surface area contributed by atoms with Crippen LogP contribution in [0.3, 0.4) is 0 Å². The van der Waals surface area contributed by atoms with E-state index in [1.54, 1.807) is 0 Å². The average Bonchev–Trinajstić information content (AvgIpc) is 3.10. The maximum absolute atomic E-state index is 5.03. The van der Waals surface area contributed by atoms with E-state index in [0.717, 1.165) is 51.5 Å². The van der Waals surface area contributed by atoms with Crippen molar-refractivity contribution in [2.24, 2.45) is 5.92 Å². The fraction of sp³-hybridized carbons (Fsp3) is 0.688. The van der Waals surface area contributed by atoms with Gasteiger partial charge in [-0.3, -0.25) is 9.80 Å². The maximum Gasteiger partial charge on any atom is 0.223 e. The molecule has 1 saturated heterocycles. The van der Waals surface area contributed by atoms with Gasteiger partial charge in [-0.1, -0.05) is 19.0 Å². The maximum atomic E-state index is 5.03. The van der Waals surface area contributed by atoms with E-state index in [4.69, 9.17) is 4.52 Å². The van der Waals surface area contributed by atoms with Crippen molar-refractivity contribution < 1.29 is 4.52 Å². The predicted molar refractivity (Wildman–Crippen MR) is 90.2 cm³/mol. The first-order valence-electron chi connectivity index (χ1n) is 8.26. The van der Waals surface area contributed by atoms with E-state index in [9.17, 15) is 0 Å². The van der Waals surface area contributed by atoms with Crippen molar-refractivity contribution in [3.63, 3.8) is 0 Å². The predicted octanol–water partition coefficient (Wildman–Crippen LogP) is 2.35. The summed E-state index contributed by atoms with van der Waals surface area (Å²) in [5, 5.41) is 5.24. The molecule has 6 nitrogen and oxygen atoms in total. The summed E-state index contributed by atoms with van der Waals surface area (Å²) in [5.74, 6) is 2.10. The molecule has 23 heavy (non-hydrogen) atoms. The van der Waals surface area contributed by atoms with E-state index in [0.29, 0.717) is 11.8 Å². The van der Waals surface area contributed by atoms with E-state index in [2.05, 4.69) is 45.0 Å². The second-order valence-corrected chi connectivity index (χ2v) is 7.80. The summed E-state index contributed by atoms with van der Waals surface area (Å²) >= 11 is 1.86. The molecule has 0 aromatic carbocycles. The summed E-state index contributed by atoms with van der Waals surface area (Å²) in [6, 6.07) is 0. The molecular weight excluding hydrogens is 310 g/mol.